The molecule has 0 bridgehead atoms. The third-order valence-corrected chi connectivity index (χ3v) is 4.36. The van der Waals surface area contributed by atoms with Crippen molar-refractivity contribution < 1.29 is 14.5 Å². The van der Waals surface area contributed by atoms with Crippen LogP contribution < -0.4 is 0 Å². The lowest BCUT2D eigenvalue weighted by atomic mass is 10.1. The lowest BCUT2D eigenvalue weighted by Gasteiger charge is -2.24. The first kappa shape index (κ1) is 17.3. The zero-order valence-corrected chi connectivity index (χ0v) is 14.8. The van der Waals surface area contributed by atoms with Gasteiger partial charge in [-0.05, 0) is 45.2 Å². The molecule has 0 spiro atoms. The topological polar surface area (TPSA) is 77.6 Å². The molecular weight excluding hydrogens is 322 g/mol. The monoisotopic (exact) mass is 345 g/mol. The smallest absolute Gasteiger partial charge is 0.410 e. The molecule has 0 saturated carbocycles. The van der Waals surface area contributed by atoms with E-state index >= 15 is 0 Å². The van der Waals surface area contributed by atoms with Gasteiger partial charge in [-0.3, -0.25) is 10.1 Å². The van der Waals surface area contributed by atoms with E-state index in [0.717, 1.165) is 23.9 Å². The second-order valence-electron chi connectivity index (χ2n) is 7.55. The summed E-state index contributed by atoms with van der Waals surface area (Å²) in [5.41, 5.74) is 0.448. The number of amides is 1. The molecule has 0 aliphatic carbocycles. The molecule has 2 aromatic rings. The van der Waals surface area contributed by atoms with Crippen LogP contribution >= 0.6 is 0 Å². The van der Waals surface area contributed by atoms with Crippen molar-refractivity contribution in [3.05, 3.63) is 40.6 Å². The molecule has 1 unspecified atom stereocenters. The summed E-state index contributed by atoms with van der Waals surface area (Å²) in [6.45, 7) is 7.62. The second kappa shape index (κ2) is 6.38. The maximum atomic E-state index is 12.2. The number of benzene rings is 1. The molecule has 1 amide bonds. The summed E-state index contributed by atoms with van der Waals surface area (Å²) < 4.78 is 7.46. The van der Waals surface area contributed by atoms with Gasteiger partial charge in [-0.1, -0.05) is 0 Å². The van der Waals surface area contributed by atoms with Gasteiger partial charge in [0.2, 0.25) is 0 Å². The minimum Gasteiger partial charge on any atom is -0.444 e. The van der Waals surface area contributed by atoms with E-state index in [1.54, 1.807) is 17.0 Å². The van der Waals surface area contributed by atoms with Gasteiger partial charge in [-0.15, -0.1) is 0 Å². The van der Waals surface area contributed by atoms with Crippen LogP contribution in [0.1, 0.15) is 27.2 Å². The van der Waals surface area contributed by atoms with E-state index < -0.39 is 5.60 Å². The Morgan fingerprint density at radius 1 is 1.36 bits per heavy atom. The average molecular weight is 345 g/mol. The standard InChI is InChI=1S/C18H23N3O4/c1-18(2,3)25-17(22)20-8-6-13(12-20)11-19-9-7-14-4-5-15(21(23)24)10-16(14)19/h4-5,7,9-10,13H,6,8,11-12H2,1-3H3. The van der Waals surface area contributed by atoms with E-state index in [2.05, 4.69) is 0 Å². The van der Waals surface area contributed by atoms with E-state index in [9.17, 15) is 14.9 Å². The van der Waals surface area contributed by atoms with Crippen LogP contribution in [-0.2, 0) is 11.3 Å². The van der Waals surface area contributed by atoms with Gasteiger partial charge in [0.05, 0.1) is 10.4 Å². The number of ether oxygens (including phenoxy) is 1. The second-order valence-corrected chi connectivity index (χ2v) is 7.55. The Morgan fingerprint density at radius 3 is 2.80 bits per heavy atom. The van der Waals surface area contributed by atoms with Gasteiger partial charge >= 0.3 is 6.09 Å². The van der Waals surface area contributed by atoms with Crippen LogP contribution in [0.4, 0.5) is 10.5 Å². The summed E-state index contributed by atoms with van der Waals surface area (Å²) in [6, 6.07) is 6.85. The summed E-state index contributed by atoms with van der Waals surface area (Å²) in [4.78, 5) is 24.5. The molecule has 1 aliphatic heterocycles. The number of carbonyl (C=O) groups is 1. The van der Waals surface area contributed by atoms with Gasteiger partial charge in [0.15, 0.2) is 0 Å². The first-order chi connectivity index (χ1) is 11.7. The molecular formula is C18H23N3O4. The van der Waals surface area contributed by atoms with Crippen molar-refractivity contribution in [3.8, 4) is 0 Å². The van der Waals surface area contributed by atoms with Gasteiger partial charge in [0.1, 0.15) is 5.60 Å². The van der Waals surface area contributed by atoms with E-state index in [-0.39, 0.29) is 16.7 Å². The number of aromatic nitrogens is 1. The number of hydrogen-bond acceptors (Lipinski definition) is 4. The van der Waals surface area contributed by atoms with Crippen molar-refractivity contribution in [2.75, 3.05) is 13.1 Å². The van der Waals surface area contributed by atoms with Crippen LogP contribution in [0.5, 0.6) is 0 Å². The molecule has 3 rings (SSSR count). The van der Waals surface area contributed by atoms with Crippen molar-refractivity contribution in [1.29, 1.82) is 0 Å². The first-order valence-corrected chi connectivity index (χ1v) is 8.44. The zero-order chi connectivity index (χ0) is 18.2. The number of nitro groups is 1. The predicted molar refractivity (Wildman–Crippen MR) is 94.5 cm³/mol. The number of carbonyl (C=O) groups excluding carboxylic acids is 1. The van der Waals surface area contributed by atoms with Crippen LogP contribution in [-0.4, -0.2) is 39.2 Å². The lowest BCUT2D eigenvalue weighted by molar-refractivity contribution is -0.384. The molecule has 0 N–H and O–H groups in total. The minimum atomic E-state index is -0.495. The predicted octanol–water partition coefficient (Wildman–Crippen LogP) is 3.81. The molecule has 1 saturated heterocycles. The first-order valence-electron chi connectivity index (χ1n) is 8.44. The minimum absolute atomic E-state index is 0.0919. The molecule has 7 nitrogen and oxygen atoms in total. The maximum absolute atomic E-state index is 12.2. The average Bonchev–Trinajstić information content (AvgIpc) is 3.13. The molecule has 1 aromatic heterocycles. The highest BCUT2D eigenvalue weighted by Crippen LogP contribution is 2.26. The van der Waals surface area contributed by atoms with Gasteiger partial charge in [0, 0.05) is 43.4 Å². The van der Waals surface area contributed by atoms with Crippen LogP contribution in [0.25, 0.3) is 10.9 Å². The third-order valence-electron chi connectivity index (χ3n) is 4.36. The normalized spacial score (nSPS) is 17.9. The van der Waals surface area contributed by atoms with Crippen molar-refractivity contribution >= 4 is 22.7 Å². The number of likely N-dealkylation sites (tertiary alicyclic amines) is 1. The van der Waals surface area contributed by atoms with Crippen molar-refractivity contribution in [2.45, 2.75) is 39.3 Å². The van der Waals surface area contributed by atoms with E-state index in [1.165, 1.54) is 6.07 Å². The Bertz CT molecular complexity index is 806. The fourth-order valence-electron chi connectivity index (χ4n) is 3.20. The zero-order valence-electron chi connectivity index (χ0n) is 14.8. The lowest BCUT2D eigenvalue weighted by Crippen LogP contribution is -2.35. The summed E-state index contributed by atoms with van der Waals surface area (Å²) in [6.07, 6.45) is 2.57. The fraction of sp³-hybridized carbons (Fsp3) is 0.500. The van der Waals surface area contributed by atoms with E-state index in [4.69, 9.17) is 4.74 Å². The number of fused-ring (bicyclic) bond motifs is 1. The molecule has 1 aliphatic rings. The number of non-ortho nitro benzene ring substituents is 1. The summed E-state index contributed by atoms with van der Waals surface area (Å²) >= 11 is 0. The third kappa shape index (κ3) is 3.92. The summed E-state index contributed by atoms with van der Waals surface area (Å²) in [5, 5.41) is 12.0. The SMILES string of the molecule is CC(C)(C)OC(=O)N1CCC(Cn2ccc3ccc([N+](=O)[O-])cc32)C1. The number of rotatable bonds is 3. The van der Waals surface area contributed by atoms with Gasteiger partial charge in [-0.2, -0.15) is 0 Å². The Balaban J connectivity index is 1.69. The van der Waals surface area contributed by atoms with Crippen LogP contribution in [0.2, 0.25) is 0 Å². The highest BCUT2D eigenvalue weighted by molar-refractivity contribution is 5.82. The Morgan fingerprint density at radius 2 is 2.12 bits per heavy atom. The van der Waals surface area contributed by atoms with E-state index in [1.807, 2.05) is 37.6 Å². The Kier molecular flexibility index (Phi) is 4.41. The number of hydrogen-bond donors (Lipinski definition) is 0. The van der Waals surface area contributed by atoms with Crippen molar-refractivity contribution in [1.82, 2.24) is 9.47 Å². The molecule has 1 aromatic carbocycles. The molecule has 134 valence electrons. The van der Waals surface area contributed by atoms with Crippen molar-refractivity contribution in [3.63, 3.8) is 0 Å². The molecule has 2 heterocycles. The van der Waals surface area contributed by atoms with Gasteiger partial charge in [0.25, 0.3) is 5.69 Å². The quantitative estimate of drug-likeness (QED) is 0.626. The van der Waals surface area contributed by atoms with Crippen LogP contribution in [0, 0.1) is 16.0 Å². The molecule has 1 atom stereocenters. The van der Waals surface area contributed by atoms with Crippen molar-refractivity contribution in [2.24, 2.45) is 5.92 Å². The largest absolute Gasteiger partial charge is 0.444 e. The number of nitro benzene ring substituents is 1. The Labute approximate surface area is 146 Å². The summed E-state index contributed by atoms with van der Waals surface area (Å²) in [5.74, 6) is 0.308. The fourth-order valence-corrected chi connectivity index (χ4v) is 3.20. The van der Waals surface area contributed by atoms with E-state index in [0.29, 0.717) is 19.0 Å². The molecule has 7 heteroatoms. The highest BCUT2D eigenvalue weighted by Gasteiger charge is 2.30. The van der Waals surface area contributed by atoms with Gasteiger partial charge < -0.3 is 14.2 Å². The van der Waals surface area contributed by atoms with Gasteiger partial charge in [-0.25, -0.2) is 4.79 Å². The Hall–Kier alpha value is -2.57. The highest BCUT2D eigenvalue weighted by atomic mass is 16.6. The summed E-state index contributed by atoms with van der Waals surface area (Å²) in [7, 11) is 0. The molecule has 25 heavy (non-hydrogen) atoms. The maximum Gasteiger partial charge on any atom is 0.410 e. The number of nitrogens with zero attached hydrogens (tertiary/aromatic N) is 3. The van der Waals surface area contributed by atoms with Crippen LogP contribution in [0.3, 0.4) is 0 Å². The molecule has 0 radical (unpaired) electrons. The molecule has 1 fully saturated rings. The van der Waals surface area contributed by atoms with Crippen LogP contribution in [0.15, 0.2) is 30.5 Å².